The summed E-state index contributed by atoms with van der Waals surface area (Å²) in [6, 6.07) is 15.8. The number of rotatable bonds is 14. The van der Waals surface area contributed by atoms with E-state index in [2.05, 4.69) is 47.4 Å². The molecule has 5 nitrogen and oxygen atoms in total. The molecule has 6 heteroatoms. The van der Waals surface area contributed by atoms with Crippen molar-refractivity contribution in [2.45, 2.75) is 77.9 Å². The van der Waals surface area contributed by atoms with Crippen LogP contribution in [-0.4, -0.2) is 34.9 Å². The molecule has 0 aliphatic heterocycles. The third-order valence-corrected chi connectivity index (χ3v) is 11.3. The highest BCUT2D eigenvalue weighted by molar-refractivity contribution is 6.74. The van der Waals surface area contributed by atoms with Gasteiger partial charge in [-0.1, -0.05) is 58.0 Å². The fourth-order valence-corrected chi connectivity index (χ4v) is 4.69. The van der Waals surface area contributed by atoms with Crippen LogP contribution in [0.2, 0.25) is 18.1 Å². The zero-order valence-electron chi connectivity index (χ0n) is 22.8. The average Bonchev–Trinajstić information content (AvgIpc) is 2.84. The fraction of sp³-hybridized carbons (Fsp3) is 0.517. The molecule has 0 heterocycles. The van der Waals surface area contributed by atoms with Gasteiger partial charge in [0.1, 0.15) is 11.5 Å². The summed E-state index contributed by atoms with van der Waals surface area (Å²) in [5.74, 6) is 1.81. The highest BCUT2D eigenvalue weighted by atomic mass is 28.4. The molecule has 194 valence electrons. The van der Waals surface area contributed by atoms with Crippen molar-refractivity contribution in [3.8, 4) is 11.5 Å². The predicted molar refractivity (Wildman–Crippen MR) is 145 cm³/mol. The lowest BCUT2D eigenvalue weighted by atomic mass is 10.0. The first-order chi connectivity index (χ1) is 16.5. The average molecular weight is 501 g/mol. The molecule has 0 radical (unpaired) electrons. The predicted octanol–water partition coefficient (Wildman–Crippen LogP) is 7.37. The van der Waals surface area contributed by atoms with Crippen molar-refractivity contribution in [1.82, 2.24) is 0 Å². The van der Waals surface area contributed by atoms with Gasteiger partial charge in [0.05, 0.1) is 33.5 Å². The van der Waals surface area contributed by atoms with Crippen LogP contribution in [0.5, 0.6) is 11.5 Å². The van der Waals surface area contributed by atoms with Crippen LogP contribution in [0.15, 0.2) is 61.2 Å². The van der Waals surface area contributed by atoms with E-state index >= 15 is 0 Å². The molecule has 0 amide bonds. The molecule has 2 atom stereocenters. The molecule has 0 N–H and O–H groups in total. The lowest BCUT2D eigenvalue weighted by Gasteiger charge is -2.41. The van der Waals surface area contributed by atoms with Gasteiger partial charge in [0.25, 0.3) is 0 Å². The van der Waals surface area contributed by atoms with Crippen LogP contribution in [0.4, 0.5) is 0 Å². The molecule has 0 aromatic heterocycles. The normalized spacial score (nSPS) is 14.0. The van der Waals surface area contributed by atoms with Crippen molar-refractivity contribution in [1.29, 1.82) is 0 Å². The summed E-state index contributed by atoms with van der Waals surface area (Å²) >= 11 is 0. The summed E-state index contributed by atoms with van der Waals surface area (Å²) in [7, 11) is 1.33. The zero-order valence-corrected chi connectivity index (χ0v) is 23.8. The van der Waals surface area contributed by atoms with Gasteiger partial charge in [-0.25, -0.2) is 0 Å². The monoisotopic (exact) mass is 500 g/mol. The maximum Gasteiger partial charge on any atom is 0.192 e. The fourth-order valence-electron chi connectivity index (χ4n) is 3.27. The molecule has 0 saturated carbocycles. The van der Waals surface area contributed by atoms with Crippen LogP contribution in [0.25, 0.3) is 0 Å². The second-order valence-electron chi connectivity index (χ2n) is 10.5. The molecule has 0 spiro atoms. The van der Waals surface area contributed by atoms with Gasteiger partial charge in [-0.3, -0.25) is 0 Å². The minimum atomic E-state index is -2.00. The Balaban J connectivity index is 2.17. The quantitative estimate of drug-likeness (QED) is 0.154. The van der Waals surface area contributed by atoms with Gasteiger partial charge in [0, 0.05) is 6.42 Å². The van der Waals surface area contributed by atoms with Gasteiger partial charge in [-0.2, -0.15) is 0 Å². The molecule has 0 bridgehead atoms. The summed E-state index contributed by atoms with van der Waals surface area (Å²) in [5.41, 5.74) is 2.12. The van der Waals surface area contributed by atoms with E-state index in [0.717, 1.165) is 22.6 Å². The van der Waals surface area contributed by atoms with E-state index in [4.69, 9.17) is 23.4 Å². The van der Waals surface area contributed by atoms with E-state index in [1.807, 2.05) is 54.6 Å². The van der Waals surface area contributed by atoms with Gasteiger partial charge < -0.3 is 23.4 Å². The van der Waals surface area contributed by atoms with Crippen LogP contribution in [0.3, 0.4) is 0 Å². The third kappa shape index (κ3) is 9.11. The second-order valence-corrected chi connectivity index (χ2v) is 15.3. The molecular formula is C29H44O5Si. The van der Waals surface area contributed by atoms with Gasteiger partial charge in [-0.15, -0.1) is 6.58 Å². The molecule has 0 unspecified atom stereocenters. The minimum absolute atomic E-state index is 0.0508. The van der Waals surface area contributed by atoms with Crippen molar-refractivity contribution in [2.75, 3.05) is 14.2 Å². The number of methoxy groups -OCH3 is 2. The van der Waals surface area contributed by atoms with E-state index in [1.165, 1.54) is 0 Å². The van der Waals surface area contributed by atoms with Crippen molar-refractivity contribution in [2.24, 2.45) is 5.92 Å². The molecule has 0 saturated heterocycles. The number of hydrogen-bond donors (Lipinski definition) is 0. The largest absolute Gasteiger partial charge is 0.497 e. The second kappa shape index (κ2) is 13.3. The molecular weight excluding hydrogens is 456 g/mol. The summed E-state index contributed by atoms with van der Waals surface area (Å²) in [6.45, 7) is 18.4. The lowest BCUT2D eigenvalue weighted by Crippen LogP contribution is -2.46. The molecule has 0 fully saturated rings. The standard InChI is InChI=1S/C29H44O5Si/c1-10-22(2)27(34-35(8,9)29(3,4)5)19-28(32-20-23-11-15-25(30-6)16-12-23)33-21-24-13-17-26(31-7)18-14-24/h10-18,22,27-28H,1,19-21H2,2-9H3/t22-,27+/m1/s1. The van der Waals surface area contributed by atoms with Crippen LogP contribution < -0.4 is 9.47 Å². The maximum absolute atomic E-state index is 6.82. The summed E-state index contributed by atoms with van der Waals surface area (Å²) in [6.07, 6.45) is 2.09. The Morgan fingerprint density at radius 3 is 1.60 bits per heavy atom. The Morgan fingerprint density at radius 1 is 0.829 bits per heavy atom. The van der Waals surface area contributed by atoms with Gasteiger partial charge in [-0.05, 0) is 59.4 Å². The maximum atomic E-state index is 6.82. The van der Waals surface area contributed by atoms with Crippen LogP contribution in [-0.2, 0) is 27.1 Å². The van der Waals surface area contributed by atoms with E-state index in [1.54, 1.807) is 14.2 Å². The topological polar surface area (TPSA) is 46.2 Å². The third-order valence-electron chi connectivity index (χ3n) is 6.83. The highest BCUT2D eigenvalue weighted by Gasteiger charge is 2.40. The Bertz CT molecular complexity index is 835. The molecule has 2 aromatic carbocycles. The summed E-state index contributed by atoms with van der Waals surface area (Å²) in [4.78, 5) is 0. The summed E-state index contributed by atoms with van der Waals surface area (Å²) < 4.78 is 30.0. The molecule has 0 aliphatic carbocycles. The first kappa shape index (κ1) is 29.1. The van der Waals surface area contributed by atoms with Crippen LogP contribution in [0.1, 0.15) is 45.2 Å². The zero-order chi connectivity index (χ0) is 26.1. The molecule has 2 aromatic rings. The van der Waals surface area contributed by atoms with E-state index < -0.39 is 14.6 Å². The number of hydrogen-bond acceptors (Lipinski definition) is 5. The smallest absolute Gasteiger partial charge is 0.192 e. The van der Waals surface area contributed by atoms with Gasteiger partial charge in [0.2, 0.25) is 0 Å². The number of ether oxygens (including phenoxy) is 4. The van der Waals surface area contributed by atoms with Gasteiger partial charge in [0.15, 0.2) is 14.6 Å². The first-order valence-electron chi connectivity index (χ1n) is 12.3. The van der Waals surface area contributed by atoms with E-state index in [-0.39, 0.29) is 17.1 Å². The lowest BCUT2D eigenvalue weighted by molar-refractivity contribution is -0.172. The Labute approximate surface area is 213 Å². The van der Waals surface area contributed by atoms with Gasteiger partial charge >= 0.3 is 0 Å². The molecule has 0 aliphatic rings. The van der Waals surface area contributed by atoms with Crippen molar-refractivity contribution in [3.05, 3.63) is 72.3 Å². The SMILES string of the molecule is C=C[C@@H](C)[C@H](CC(OCc1ccc(OC)cc1)OCc1ccc(OC)cc1)O[Si](C)(C)C(C)(C)C. The van der Waals surface area contributed by atoms with Crippen LogP contribution in [0, 0.1) is 5.92 Å². The van der Waals surface area contributed by atoms with E-state index in [9.17, 15) is 0 Å². The highest BCUT2D eigenvalue weighted by Crippen LogP contribution is 2.39. The molecule has 2 rings (SSSR count). The van der Waals surface area contributed by atoms with Crippen LogP contribution >= 0.6 is 0 Å². The molecule has 35 heavy (non-hydrogen) atoms. The van der Waals surface area contributed by atoms with Crippen molar-refractivity contribution < 1.29 is 23.4 Å². The first-order valence-corrected chi connectivity index (χ1v) is 15.2. The summed E-state index contributed by atoms with van der Waals surface area (Å²) in [5, 5.41) is 0.107. The minimum Gasteiger partial charge on any atom is -0.497 e. The number of benzene rings is 2. The Morgan fingerprint density at radius 2 is 1.26 bits per heavy atom. The van der Waals surface area contributed by atoms with Crippen molar-refractivity contribution >= 4 is 8.32 Å². The van der Waals surface area contributed by atoms with E-state index in [0.29, 0.717) is 19.6 Å². The Hall–Kier alpha value is -2.12. The Kier molecular flexibility index (Phi) is 11.0. The van der Waals surface area contributed by atoms with Crippen molar-refractivity contribution in [3.63, 3.8) is 0 Å².